The fraction of sp³-hybridized carbons (Fsp3) is 0.244. The van der Waals surface area contributed by atoms with Crippen LogP contribution in [-0.4, -0.2) is 41.6 Å². The van der Waals surface area contributed by atoms with E-state index in [4.69, 9.17) is 14.1 Å². The zero-order chi connectivity index (χ0) is 33.3. The Bertz CT molecular complexity index is 2070. The molecule has 0 bridgehead atoms. The van der Waals surface area contributed by atoms with Crippen molar-refractivity contribution in [2.45, 2.75) is 58.8 Å². The lowest BCUT2D eigenvalue weighted by atomic mass is 9.77. The van der Waals surface area contributed by atoms with Gasteiger partial charge < -0.3 is 19.1 Å². The summed E-state index contributed by atoms with van der Waals surface area (Å²) < 4.78 is 12.8. The van der Waals surface area contributed by atoms with Gasteiger partial charge >= 0.3 is 7.48 Å². The van der Waals surface area contributed by atoms with E-state index in [-0.39, 0.29) is 6.04 Å². The molecule has 47 heavy (non-hydrogen) atoms. The van der Waals surface area contributed by atoms with E-state index in [1.54, 1.807) is 21.3 Å². The molecule has 5 nitrogen and oxygen atoms in total. The van der Waals surface area contributed by atoms with E-state index in [0.29, 0.717) is 0 Å². The molecule has 0 saturated carbocycles. The maximum absolute atomic E-state index is 10.8. The molecule has 1 aromatic heterocycles. The summed E-state index contributed by atoms with van der Waals surface area (Å²) >= 11 is 0. The fourth-order valence-electron chi connectivity index (χ4n) is 5.88. The summed E-state index contributed by atoms with van der Waals surface area (Å²) in [7, 11) is 3.85. The Morgan fingerprint density at radius 1 is 0.809 bits per heavy atom. The number of fused-ring (bicyclic) bond motifs is 1. The number of nitrogens with zero attached hydrogens (tertiary/aromatic N) is 2. The van der Waals surface area contributed by atoms with E-state index in [9.17, 15) is 5.11 Å². The number of rotatable bonds is 8. The van der Waals surface area contributed by atoms with Gasteiger partial charge in [0.15, 0.2) is 0 Å². The van der Waals surface area contributed by atoms with Crippen LogP contribution in [0.2, 0.25) is 0 Å². The second-order valence-electron chi connectivity index (χ2n) is 13.1. The third-order valence-electron chi connectivity index (χ3n) is 9.42. The van der Waals surface area contributed by atoms with Gasteiger partial charge in [-0.2, -0.15) is 0 Å². The first-order valence-corrected chi connectivity index (χ1v) is 16.2. The van der Waals surface area contributed by atoms with Crippen molar-refractivity contribution < 1.29 is 14.2 Å². The maximum Gasteiger partial charge on any atom is 0.335 e. The van der Waals surface area contributed by atoms with Gasteiger partial charge in [0.05, 0.1) is 22.9 Å². The first kappa shape index (κ1) is 32.3. The molecule has 6 heteroatoms. The SMILES string of the molecule is C/C=c1\c(=C/C)oc2c([B]OC(C)(C)C(C)(C)O)c(-c3ccc(C4=NC(c5ccccc5)=CC(c5ccccc5)N4C)cc3)ccc12. The van der Waals surface area contributed by atoms with Crippen LogP contribution in [0.5, 0.6) is 0 Å². The third-order valence-corrected chi connectivity index (χ3v) is 9.42. The van der Waals surface area contributed by atoms with E-state index in [1.807, 2.05) is 45.9 Å². The van der Waals surface area contributed by atoms with Crippen molar-refractivity contribution >= 4 is 47.6 Å². The second kappa shape index (κ2) is 12.9. The zero-order valence-electron chi connectivity index (χ0n) is 28.3. The van der Waals surface area contributed by atoms with Crippen molar-refractivity contribution in [3.05, 3.63) is 130 Å². The van der Waals surface area contributed by atoms with Crippen LogP contribution in [0.15, 0.2) is 113 Å². The number of benzene rings is 4. The van der Waals surface area contributed by atoms with Gasteiger partial charge in [0.2, 0.25) is 0 Å². The Kier molecular flexibility index (Phi) is 8.84. The van der Waals surface area contributed by atoms with Gasteiger partial charge in [0.1, 0.15) is 16.8 Å². The predicted octanol–water partition coefficient (Wildman–Crippen LogP) is 6.99. The molecule has 0 spiro atoms. The van der Waals surface area contributed by atoms with Crippen molar-refractivity contribution in [1.82, 2.24) is 4.90 Å². The Morgan fingerprint density at radius 3 is 2.06 bits per heavy atom. The molecule has 0 fully saturated rings. The first-order chi connectivity index (χ1) is 22.5. The monoisotopic (exact) mass is 621 g/mol. The highest BCUT2D eigenvalue weighted by Gasteiger charge is 2.36. The summed E-state index contributed by atoms with van der Waals surface area (Å²) in [5, 5.41) is 12.9. The number of amidine groups is 1. The summed E-state index contributed by atoms with van der Waals surface area (Å²) in [6, 6.07) is 33.7. The van der Waals surface area contributed by atoms with Crippen LogP contribution < -0.4 is 16.1 Å². The highest BCUT2D eigenvalue weighted by Crippen LogP contribution is 2.33. The van der Waals surface area contributed by atoms with E-state index in [0.717, 1.165) is 60.9 Å². The van der Waals surface area contributed by atoms with Crippen LogP contribution >= 0.6 is 0 Å². The molecule has 1 aliphatic heterocycles. The minimum absolute atomic E-state index is 0.0338. The number of furan rings is 1. The summed E-state index contributed by atoms with van der Waals surface area (Å²) in [4.78, 5) is 7.42. The van der Waals surface area contributed by atoms with Crippen molar-refractivity contribution in [2.24, 2.45) is 4.99 Å². The Morgan fingerprint density at radius 2 is 1.45 bits per heavy atom. The van der Waals surface area contributed by atoms with Gasteiger partial charge in [0, 0.05) is 23.2 Å². The molecule has 1 atom stereocenters. The quantitative estimate of drug-likeness (QED) is 0.190. The largest absolute Gasteiger partial charge is 0.457 e. The molecule has 2 heterocycles. The van der Waals surface area contributed by atoms with Gasteiger partial charge in [-0.25, -0.2) is 4.99 Å². The van der Waals surface area contributed by atoms with Gasteiger partial charge in [-0.3, -0.25) is 0 Å². The first-order valence-electron chi connectivity index (χ1n) is 16.2. The van der Waals surface area contributed by atoms with Gasteiger partial charge in [-0.05, 0) is 87.5 Å². The molecule has 1 aliphatic rings. The van der Waals surface area contributed by atoms with E-state index in [2.05, 4.69) is 109 Å². The summed E-state index contributed by atoms with van der Waals surface area (Å²) in [6.45, 7) is 11.3. The number of hydrogen-bond acceptors (Lipinski definition) is 5. The molecular formula is C41H42BN2O3. The van der Waals surface area contributed by atoms with E-state index in [1.165, 1.54) is 5.56 Å². The molecule has 4 aromatic carbocycles. The number of aliphatic hydroxyl groups is 1. The van der Waals surface area contributed by atoms with Gasteiger partial charge in [-0.15, -0.1) is 0 Å². The van der Waals surface area contributed by atoms with Crippen LogP contribution in [0.1, 0.15) is 64.3 Å². The number of hydrogen-bond donors (Lipinski definition) is 1. The standard InChI is InChI=1S/C41H42BN2O3/c1-8-31-33-25-24-32(37(38(33)46-36(31)9-2)42-47-41(5,6)40(3,4)45)27-20-22-30(23-21-27)39-43-34(28-16-12-10-13-17-28)26-35(44(39)7)29-18-14-11-15-19-29/h8-26,35,45H,1-7H3/b31-8-,36-9+. The normalized spacial score (nSPS) is 16.4. The Labute approximate surface area is 278 Å². The molecule has 1 N–H and O–H groups in total. The molecular weight excluding hydrogens is 579 g/mol. The van der Waals surface area contributed by atoms with E-state index >= 15 is 0 Å². The summed E-state index contributed by atoms with van der Waals surface area (Å²) in [5.41, 5.74) is 6.75. The highest BCUT2D eigenvalue weighted by molar-refractivity contribution is 6.53. The van der Waals surface area contributed by atoms with Crippen molar-refractivity contribution in [3.8, 4) is 11.1 Å². The molecule has 5 aromatic rings. The van der Waals surface area contributed by atoms with Crippen LogP contribution in [0.3, 0.4) is 0 Å². The molecule has 1 radical (unpaired) electrons. The van der Waals surface area contributed by atoms with Crippen LogP contribution in [-0.2, 0) is 4.65 Å². The summed E-state index contributed by atoms with van der Waals surface area (Å²) in [6.07, 6.45) is 6.29. The number of aliphatic imine (C=N–C) groups is 1. The van der Waals surface area contributed by atoms with E-state index < -0.39 is 11.2 Å². The Hall–Kier alpha value is -4.65. The average Bonchev–Trinajstić information content (AvgIpc) is 3.46. The van der Waals surface area contributed by atoms with Crippen LogP contribution in [0.25, 0.3) is 39.9 Å². The molecule has 0 aliphatic carbocycles. The zero-order valence-corrected chi connectivity index (χ0v) is 28.3. The predicted molar refractivity (Wildman–Crippen MR) is 196 cm³/mol. The smallest absolute Gasteiger partial charge is 0.335 e. The van der Waals surface area contributed by atoms with Gasteiger partial charge in [-0.1, -0.05) is 97.1 Å². The minimum Gasteiger partial charge on any atom is -0.457 e. The van der Waals surface area contributed by atoms with Crippen LogP contribution in [0, 0.1) is 0 Å². The molecule has 1 unspecified atom stereocenters. The molecule has 6 rings (SSSR count). The van der Waals surface area contributed by atoms with Crippen molar-refractivity contribution in [1.29, 1.82) is 0 Å². The lowest BCUT2D eigenvalue weighted by Gasteiger charge is -2.37. The lowest BCUT2D eigenvalue weighted by Crippen LogP contribution is -2.49. The average molecular weight is 622 g/mol. The van der Waals surface area contributed by atoms with Crippen molar-refractivity contribution in [2.75, 3.05) is 7.05 Å². The molecule has 0 saturated heterocycles. The Balaban J connectivity index is 1.43. The third kappa shape index (κ3) is 6.23. The highest BCUT2D eigenvalue weighted by atomic mass is 16.5. The van der Waals surface area contributed by atoms with Gasteiger partial charge in [0.25, 0.3) is 0 Å². The summed E-state index contributed by atoms with van der Waals surface area (Å²) in [5.74, 6) is 0.904. The maximum atomic E-state index is 10.8. The topological polar surface area (TPSA) is 58.2 Å². The minimum atomic E-state index is -1.06. The molecule has 237 valence electrons. The second-order valence-corrected chi connectivity index (χ2v) is 13.1. The lowest BCUT2D eigenvalue weighted by molar-refractivity contribution is -0.0893. The van der Waals surface area contributed by atoms with Crippen LogP contribution in [0.4, 0.5) is 0 Å². The fourth-order valence-corrected chi connectivity index (χ4v) is 5.88. The number of likely N-dealkylation sites (N-methyl/N-ethyl adjacent to an activating group) is 1. The van der Waals surface area contributed by atoms with Crippen molar-refractivity contribution in [3.63, 3.8) is 0 Å². The molecule has 0 amide bonds.